The summed E-state index contributed by atoms with van der Waals surface area (Å²) in [6, 6.07) is 7.90. The predicted octanol–water partition coefficient (Wildman–Crippen LogP) is 2.73. The van der Waals surface area contributed by atoms with Crippen LogP contribution in [0.2, 0.25) is 0 Å². The van der Waals surface area contributed by atoms with Gasteiger partial charge in [-0.05, 0) is 37.0 Å². The van der Waals surface area contributed by atoms with E-state index in [-0.39, 0.29) is 17.7 Å². The number of carbonyl (C=O) groups excluding carboxylic acids is 2. The van der Waals surface area contributed by atoms with Crippen molar-refractivity contribution in [1.82, 2.24) is 9.80 Å². The van der Waals surface area contributed by atoms with Crippen molar-refractivity contribution in [2.24, 2.45) is 5.92 Å². The van der Waals surface area contributed by atoms with Gasteiger partial charge in [0.1, 0.15) is 5.75 Å². The molecule has 2 amide bonds. The molecule has 1 atom stereocenters. The van der Waals surface area contributed by atoms with Gasteiger partial charge in [0, 0.05) is 32.6 Å². The maximum Gasteiger partial charge on any atom is 0.227 e. The van der Waals surface area contributed by atoms with Crippen LogP contribution in [0.4, 0.5) is 0 Å². The molecule has 0 N–H and O–H groups in total. The Morgan fingerprint density at radius 2 is 2.00 bits per heavy atom. The van der Waals surface area contributed by atoms with Crippen LogP contribution in [0.3, 0.4) is 0 Å². The van der Waals surface area contributed by atoms with Crippen molar-refractivity contribution in [3.63, 3.8) is 0 Å². The molecule has 1 unspecified atom stereocenters. The highest BCUT2D eigenvalue weighted by Gasteiger charge is 2.35. The SMILES string of the molecule is CCCN(CCC)C(=O)C1CC(=O)N(CCc2cccc(OC)c2)C1. The van der Waals surface area contributed by atoms with Crippen molar-refractivity contribution in [2.75, 3.05) is 33.3 Å². The van der Waals surface area contributed by atoms with E-state index in [1.165, 1.54) is 0 Å². The van der Waals surface area contributed by atoms with Crippen LogP contribution in [0.25, 0.3) is 0 Å². The molecule has 1 aliphatic heterocycles. The quantitative estimate of drug-likeness (QED) is 0.691. The van der Waals surface area contributed by atoms with Crippen molar-refractivity contribution >= 4 is 11.8 Å². The average molecular weight is 346 g/mol. The summed E-state index contributed by atoms with van der Waals surface area (Å²) in [5, 5.41) is 0. The molecule has 1 aromatic rings. The average Bonchev–Trinajstić information content (AvgIpc) is 3.00. The summed E-state index contributed by atoms with van der Waals surface area (Å²) in [4.78, 5) is 28.8. The lowest BCUT2D eigenvalue weighted by atomic mass is 10.1. The van der Waals surface area contributed by atoms with E-state index in [1.54, 1.807) is 7.11 Å². The lowest BCUT2D eigenvalue weighted by molar-refractivity contribution is -0.136. The van der Waals surface area contributed by atoms with Gasteiger partial charge in [-0.2, -0.15) is 0 Å². The minimum absolute atomic E-state index is 0.0918. The molecule has 1 heterocycles. The van der Waals surface area contributed by atoms with E-state index in [4.69, 9.17) is 4.74 Å². The van der Waals surface area contributed by atoms with Gasteiger partial charge in [0.25, 0.3) is 0 Å². The number of carbonyl (C=O) groups is 2. The van der Waals surface area contributed by atoms with Gasteiger partial charge in [0.15, 0.2) is 0 Å². The zero-order valence-electron chi connectivity index (χ0n) is 15.7. The number of benzene rings is 1. The number of hydrogen-bond donors (Lipinski definition) is 0. The van der Waals surface area contributed by atoms with E-state index in [9.17, 15) is 9.59 Å². The summed E-state index contributed by atoms with van der Waals surface area (Å²) in [6.07, 6.45) is 3.02. The van der Waals surface area contributed by atoms with Crippen LogP contribution in [0.15, 0.2) is 24.3 Å². The maximum atomic E-state index is 12.7. The van der Waals surface area contributed by atoms with E-state index < -0.39 is 0 Å². The first-order valence-corrected chi connectivity index (χ1v) is 9.28. The zero-order valence-corrected chi connectivity index (χ0v) is 15.7. The molecule has 25 heavy (non-hydrogen) atoms. The first-order chi connectivity index (χ1) is 12.1. The third-order valence-corrected chi connectivity index (χ3v) is 4.67. The molecule has 0 saturated carbocycles. The highest BCUT2D eigenvalue weighted by Crippen LogP contribution is 2.21. The van der Waals surface area contributed by atoms with Crippen molar-refractivity contribution in [3.05, 3.63) is 29.8 Å². The molecule has 1 fully saturated rings. The van der Waals surface area contributed by atoms with Crippen molar-refractivity contribution in [1.29, 1.82) is 0 Å². The van der Waals surface area contributed by atoms with Crippen LogP contribution in [-0.2, 0) is 16.0 Å². The molecule has 1 aromatic carbocycles. The third-order valence-electron chi connectivity index (χ3n) is 4.67. The molecule has 1 saturated heterocycles. The van der Waals surface area contributed by atoms with Gasteiger partial charge in [-0.25, -0.2) is 0 Å². The van der Waals surface area contributed by atoms with Crippen molar-refractivity contribution in [2.45, 2.75) is 39.5 Å². The van der Waals surface area contributed by atoms with Gasteiger partial charge in [-0.1, -0.05) is 26.0 Å². The fraction of sp³-hybridized carbons (Fsp3) is 0.600. The van der Waals surface area contributed by atoms with E-state index >= 15 is 0 Å². The van der Waals surface area contributed by atoms with Crippen LogP contribution >= 0.6 is 0 Å². The van der Waals surface area contributed by atoms with E-state index in [0.717, 1.165) is 43.7 Å². The van der Waals surface area contributed by atoms with Gasteiger partial charge in [0.05, 0.1) is 13.0 Å². The summed E-state index contributed by atoms with van der Waals surface area (Å²) in [7, 11) is 1.65. The van der Waals surface area contributed by atoms with Crippen LogP contribution < -0.4 is 4.74 Å². The molecular weight excluding hydrogens is 316 g/mol. The first-order valence-electron chi connectivity index (χ1n) is 9.28. The Bertz CT molecular complexity index is 582. The zero-order chi connectivity index (χ0) is 18.2. The van der Waals surface area contributed by atoms with Gasteiger partial charge < -0.3 is 14.5 Å². The second-order valence-corrected chi connectivity index (χ2v) is 6.67. The lowest BCUT2D eigenvalue weighted by Crippen LogP contribution is -2.38. The minimum Gasteiger partial charge on any atom is -0.497 e. The number of hydrogen-bond acceptors (Lipinski definition) is 3. The van der Waals surface area contributed by atoms with E-state index in [1.807, 2.05) is 34.1 Å². The Balaban J connectivity index is 1.91. The minimum atomic E-state index is -0.184. The molecular formula is C20H30N2O3. The molecule has 5 nitrogen and oxygen atoms in total. The topological polar surface area (TPSA) is 49.9 Å². The number of likely N-dealkylation sites (tertiary alicyclic amines) is 1. The number of rotatable bonds is 9. The second kappa shape index (κ2) is 9.44. The Morgan fingerprint density at radius 3 is 2.64 bits per heavy atom. The molecule has 5 heteroatoms. The molecule has 0 aromatic heterocycles. The highest BCUT2D eigenvalue weighted by molar-refractivity contribution is 5.89. The van der Waals surface area contributed by atoms with Crippen LogP contribution in [0.5, 0.6) is 5.75 Å². The second-order valence-electron chi connectivity index (χ2n) is 6.67. The predicted molar refractivity (Wildman–Crippen MR) is 98.5 cm³/mol. The molecule has 0 aliphatic carbocycles. The Morgan fingerprint density at radius 1 is 1.28 bits per heavy atom. The summed E-state index contributed by atoms with van der Waals surface area (Å²) < 4.78 is 5.24. The standard InChI is InChI=1S/C20H30N2O3/c1-4-10-21(11-5-2)20(24)17-14-19(23)22(15-17)12-9-16-7-6-8-18(13-16)25-3/h6-8,13,17H,4-5,9-12,14-15H2,1-3H3. The molecule has 1 aliphatic rings. The number of methoxy groups -OCH3 is 1. The van der Waals surface area contributed by atoms with Crippen molar-refractivity contribution < 1.29 is 14.3 Å². The van der Waals surface area contributed by atoms with Crippen LogP contribution in [-0.4, -0.2) is 54.9 Å². The Kier molecular flexibility index (Phi) is 7.29. The van der Waals surface area contributed by atoms with Crippen LogP contribution in [0, 0.1) is 5.92 Å². The fourth-order valence-electron chi connectivity index (χ4n) is 3.38. The van der Waals surface area contributed by atoms with Gasteiger partial charge >= 0.3 is 0 Å². The number of amides is 2. The van der Waals surface area contributed by atoms with Crippen LogP contribution in [0.1, 0.15) is 38.7 Å². The smallest absolute Gasteiger partial charge is 0.227 e. The van der Waals surface area contributed by atoms with Crippen molar-refractivity contribution in [3.8, 4) is 5.75 Å². The summed E-state index contributed by atoms with van der Waals surface area (Å²) >= 11 is 0. The normalized spacial score (nSPS) is 17.0. The fourth-order valence-corrected chi connectivity index (χ4v) is 3.38. The summed E-state index contributed by atoms with van der Waals surface area (Å²) in [6.45, 7) is 6.91. The van der Waals surface area contributed by atoms with Gasteiger partial charge in [0.2, 0.25) is 11.8 Å². The first kappa shape index (κ1) is 19.3. The third kappa shape index (κ3) is 5.21. The molecule has 0 spiro atoms. The Labute approximate surface area is 150 Å². The maximum absolute atomic E-state index is 12.7. The number of ether oxygens (including phenoxy) is 1. The summed E-state index contributed by atoms with van der Waals surface area (Å²) in [5.41, 5.74) is 1.14. The largest absolute Gasteiger partial charge is 0.497 e. The summed E-state index contributed by atoms with van der Waals surface area (Å²) in [5.74, 6) is 0.874. The molecule has 138 valence electrons. The molecule has 0 radical (unpaired) electrons. The lowest BCUT2D eigenvalue weighted by Gasteiger charge is -2.24. The molecule has 2 rings (SSSR count). The van der Waals surface area contributed by atoms with E-state index in [2.05, 4.69) is 13.8 Å². The highest BCUT2D eigenvalue weighted by atomic mass is 16.5. The number of nitrogens with zero attached hydrogens (tertiary/aromatic N) is 2. The molecule has 0 bridgehead atoms. The Hall–Kier alpha value is -2.04. The van der Waals surface area contributed by atoms with Gasteiger partial charge in [-0.3, -0.25) is 9.59 Å². The van der Waals surface area contributed by atoms with E-state index in [0.29, 0.717) is 19.5 Å². The monoisotopic (exact) mass is 346 g/mol. The van der Waals surface area contributed by atoms with Gasteiger partial charge in [-0.15, -0.1) is 0 Å².